The van der Waals surface area contributed by atoms with E-state index in [9.17, 15) is 0 Å². The van der Waals surface area contributed by atoms with Crippen LogP contribution in [-0.4, -0.2) is 40.5 Å². The topological polar surface area (TPSA) is 42.2 Å². The van der Waals surface area contributed by atoms with Gasteiger partial charge in [0.2, 0.25) is 0 Å². The van der Waals surface area contributed by atoms with Crippen molar-refractivity contribution in [2.45, 2.75) is 24.9 Å². The molecule has 0 bridgehead atoms. The summed E-state index contributed by atoms with van der Waals surface area (Å²) in [5, 5.41) is 0. The quantitative estimate of drug-likeness (QED) is 0.885. The summed E-state index contributed by atoms with van der Waals surface area (Å²) in [5.41, 5.74) is 7.52. The molecule has 3 nitrogen and oxygen atoms in total. The lowest BCUT2D eigenvalue weighted by atomic mass is 9.93. The minimum Gasteiger partial charge on any atom is -0.329 e. The zero-order chi connectivity index (χ0) is 12.1. The van der Waals surface area contributed by atoms with Crippen molar-refractivity contribution in [1.29, 1.82) is 0 Å². The second-order valence-corrected chi connectivity index (χ2v) is 5.90. The Kier molecular flexibility index (Phi) is 4.42. The Morgan fingerprint density at radius 2 is 2.24 bits per heavy atom. The largest absolute Gasteiger partial charge is 0.329 e. The van der Waals surface area contributed by atoms with Gasteiger partial charge in [-0.1, -0.05) is 0 Å². The highest BCUT2D eigenvalue weighted by Gasteiger charge is 2.34. The summed E-state index contributed by atoms with van der Waals surface area (Å²) < 4.78 is 0. The molecule has 1 aliphatic rings. The molecule has 1 aromatic rings. The van der Waals surface area contributed by atoms with E-state index in [1.54, 1.807) is 0 Å². The average Bonchev–Trinajstić information content (AvgIpc) is 2.40. The van der Waals surface area contributed by atoms with Gasteiger partial charge in [0.1, 0.15) is 0 Å². The first-order chi connectivity index (χ1) is 8.27. The molecular weight excluding hydrogens is 230 g/mol. The highest BCUT2D eigenvalue weighted by atomic mass is 32.2. The Balaban J connectivity index is 2.04. The monoisotopic (exact) mass is 251 g/mol. The van der Waals surface area contributed by atoms with Gasteiger partial charge in [0.15, 0.2) is 0 Å². The van der Waals surface area contributed by atoms with Crippen LogP contribution in [0.25, 0.3) is 0 Å². The Hall–Kier alpha value is -0.580. The molecule has 0 aliphatic carbocycles. The van der Waals surface area contributed by atoms with E-state index in [2.05, 4.69) is 29.1 Å². The van der Waals surface area contributed by atoms with Gasteiger partial charge in [-0.2, -0.15) is 11.8 Å². The van der Waals surface area contributed by atoms with Crippen LogP contribution in [0, 0.1) is 0 Å². The van der Waals surface area contributed by atoms with Crippen LogP contribution in [0.15, 0.2) is 24.5 Å². The smallest absolute Gasteiger partial charge is 0.0422 e. The Morgan fingerprint density at radius 1 is 1.47 bits per heavy atom. The van der Waals surface area contributed by atoms with E-state index in [1.807, 2.05) is 24.2 Å². The van der Waals surface area contributed by atoms with E-state index in [-0.39, 0.29) is 5.54 Å². The van der Waals surface area contributed by atoms with Crippen molar-refractivity contribution in [1.82, 2.24) is 9.88 Å². The van der Waals surface area contributed by atoms with E-state index in [4.69, 9.17) is 5.73 Å². The minimum atomic E-state index is 0.187. The van der Waals surface area contributed by atoms with Gasteiger partial charge in [-0.3, -0.25) is 9.88 Å². The van der Waals surface area contributed by atoms with Crippen LogP contribution in [-0.2, 0) is 6.54 Å². The SMILES string of the molecule is CN(Cc1ccncc1)C1(CN)CCCSC1. The summed E-state index contributed by atoms with van der Waals surface area (Å²) in [4.78, 5) is 6.48. The molecule has 0 radical (unpaired) electrons. The molecule has 1 fully saturated rings. The molecule has 2 N–H and O–H groups in total. The Labute approximate surface area is 108 Å². The molecular formula is C13H21N3S. The van der Waals surface area contributed by atoms with Gasteiger partial charge in [-0.05, 0) is 43.3 Å². The van der Waals surface area contributed by atoms with Crippen molar-refractivity contribution in [2.24, 2.45) is 5.73 Å². The van der Waals surface area contributed by atoms with E-state index >= 15 is 0 Å². The maximum Gasteiger partial charge on any atom is 0.0422 e. The van der Waals surface area contributed by atoms with Gasteiger partial charge in [0.25, 0.3) is 0 Å². The highest BCUT2D eigenvalue weighted by molar-refractivity contribution is 7.99. The molecule has 2 heterocycles. The molecule has 0 saturated carbocycles. The summed E-state index contributed by atoms with van der Waals surface area (Å²) in [5.74, 6) is 2.44. The van der Waals surface area contributed by atoms with Crippen LogP contribution in [0.3, 0.4) is 0 Å². The van der Waals surface area contributed by atoms with Crippen molar-refractivity contribution in [2.75, 3.05) is 25.1 Å². The number of pyridine rings is 1. The summed E-state index contributed by atoms with van der Waals surface area (Å²) in [6.45, 7) is 1.71. The van der Waals surface area contributed by atoms with Crippen molar-refractivity contribution in [3.05, 3.63) is 30.1 Å². The molecule has 1 aromatic heterocycles. The highest BCUT2D eigenvalue weighted by Crippen LogP contribution is 2.31. The lowest BCUT2D eigenvalue weighted by molar-refractivity contribution is 0.127. The molecule has 0 spiro atoms. The number of aromatic nitrogens is 1. The zero-order valence-corrected chi connectivity index (χ0v) is 11.2. The molecule has 17 heavy (non-hydrogen) atoms. The number of nitrogens with zero attached hydrogens (tertiary/aromatic N) is 2. The first-order valence-corrected chi connectivity index (χ1v) is 7.30. The number of hydrogen-bond donors (Lipinski definition) is 1. The maximum absolute atomic E-state index is 6.03. The number of thioether (sulfide) groups is 1. The molecule has 4 heteroatoms. The van der Waals surface area contributed by atoms with Gasteiger partial charge in [-0.25, -0.2) is 0 Å². The standard InChI is InChI=1S/C13H21N3S/c1-16(9-12-3-6-15-7-4-12)13(10-14)5-2-8-17-11-13/h3-4,6-7H,2,5,8-11,14H2,1H3. The van der Waals surface area contributed by atoms with Gasteiger partial charge in [0.05, 0.1) is 0 Å². The van der Waals surface area contributed by atoms with E-state index in [0.717, 1.165) is 18.8 Å². The van der Waals surface area contributed by atoms with E-state index in [0.29, 0.717) is 0 Å². The Morgan fingerprint density at radius 3 is 2.82 bits per heavy atom. The van der Waals surface area contributed by atoms with Gasteiger partial charge >= 0.3 is 0 Å². The molecule has 1 atom stereocenters. The number of rotatable bonds is 4. The third kappa shape index (κ3) is 3.00. The summed E-state index contributed by atoms with van der Waals surface area (Å²) in [6, 6.07) is 4.16. The van der Waals surface area contributed by atoms with Gasteiger partial charge < -0.3 is 5.73 Å². The predicted octanol–water partition coefficient (Wildman–Crippen LogP) is 1.74. The first-order valence-electron chi connectivity index (χ1n) is 6.15. The molecule has 1 saturated heterocycles. The van der Waals surface area contributed by atoms with Crippen molar-refractivity contribution >= 4 is 11.8 Å². The maximum atomic E-state index is 6.03. The second kappa shape index (κ2) is 5.85. The van der Waals surface area contributed by atoms with Gasteiger partial charge in [0, 0.05) is 36.8 Å². The third-order valence-electron chi connectivity index (χ3n) is 3.66. The fourth-order valence-electron chi connectivity index (χ4n) is 2.39. The van der Waals surface area contributed by atoms with Crippen LogP contribution < -0.4 is 5.73 Å². The Bertz CT molecular complexity index is 336. The summed E-state index contributed by atoms with van der Waals surface area (Å²) in [7, 11) is 2.19. The van der Waals surface area contributed by atoms with E-state index in [1.165, 1.54) is 24.2 Å². The number of hydrogen-bond acceptors (Lipinski definition) is 4. The lowest BCUT2D eigenvalue weighted by Crippen LogP contribution is -2.55. The van der Waals surface area contributed by atoms with Gasteiger partial charge in [-0.15, -0.1) is 0 Å². The van der Waals surface area contributed by atoms with E-state index < -0.39 is 0 Å². The number of likely N-dealkylation sites (N-methyl/N-ethyl adjacent to an activating group) is 1. The normalized spacial score (nSPS) is 25.1. The molecule has 0 amide bonds. The minimum absolute atomic E-state index is 0.187. The van der Waals surface area contributed by atoms with Crippen molar-refractivity contribution in [3.8, 4) is 0 Å². The average molecular weight is 251 g/mol. The van der Waals surface area contributed by atoms with Crippen molar-refractivity contribution < 1.29 is 0 Å². The zero-order valence-electron chi connectivity index (χ0n) is 10.4. The molecule has 94 valence electrons. The van der Waals surface area contributed by atoms with Crippen LogP contribution in [0.5, 0.6) is 0 Å². The first kappa shape index (κ1) is 12.9. The summed E-state index contributed by atoms with van der Waals surface area (Å²) in [6.07, 6.45) is 6.21. The molecule has 1 unspecified atom stereocenters. The third-order valence-corrected chi connectivity index (χ3v) is 4.98. The fourth-order valence-corrected chi connectivity index (χ4v) is 3.74. The predicted molar refractivity (Wildman–Crippen MR) is 74.0 cm³/mol. The van der Waals surface area contributed by atoms with Crippen molar-refractivity contribution in [3.63, 3.8) is 0 Å². The molecule has 1 aliphatic heterocycles. The lowest BCUT2D eigenvalue weighted by Gasteiger charge is -2.43. The van der Waals surface area contributed by atoms with Crippen LogP contribution in [0.2, 0.25) is 0 Å². The van der Waals surface area contributed by atoms with Crippen LogP contribution in [0.4, 0.5) is 0 Å². The number of nitrogens with two attached hydrogens (primary N) is 1. The van der Waals surface area contributed by atoms with Crippen LogP contribution >= 0.6 is 11.8 Å². The fraction of sp³-hybridized carbons (Fsp3) is 0.615. The summed E-state index contributed by atoms with van der Waals surface area (Å²) >= 11 is 2.03. The molecule has 0 aromatic carbocycles. The van der Waals surface area contributed by atoms with Crippen LogP contribution in [0.1, 0.15) is 18.4 Å². The second-order valence-electron chi connectivity index (χ2n) is 4.80. The molecule has 2 rings (SSSR count).